The van der Waals surface area contributed by atoms with Crippen LogP contribution in [0.5, 0.6) is 0 Å². The average molecular weight is 1290 g/mol. The molecule has 500 valence electrons. The van der Waals surface area contributed by atoms with Gasteiger partial charge in [0.15, 0.2) is 0 Å². The zero-order chi connectivity index (χ0) is 67.5. The van der Waals surface area contributed by atoms with Crippen LogP contribution >= 0.6 is 0 Å². The van der Waals surface area contributed by atoms with Crippen molar-refractivity contribution in [2.24, 2.45) is 22.9 Å². The first-order valence-corrected chi connectivity index (χ1v) is 32.3. The van der Waals surface area contributed by atoms with Gasteiger partial charge in [-0.15, -0.1) is 0 Å². The van der Waals surface area contributed by atoms with Crippen LogP contribution in [0.15, 0.2) is 182 Å². The van der Waals surface area contributed by atoms with Crippen molar-refractivity contribution in [2.75, 3.05) is 19.6 Å². The van der Waals surface area contributed by atoms with Crippen molar-refractivity contribution in [3.05, 3.63) is 215 Å². The highest BCUT2D eigenvalue weighted by Crippen LogP contribution is 2.15. The van der Waals surface area contributed by atoms with E-state index in [9.17, 15) is 43.5 Å². The molecule has 6 aromatic carbocycles. The molecule has 94 heavy (non-hydrogen) atoms. The summed E-state index contributed by atoms with van der Waals surface area (Å²) in [5, 5.41) is 32.8. The first-order valence-electron chi connectivity index (χ1n) is 32.3. The average Bonchev–Trinajstić information content (AvgIpc) is 1.04. The van der Waals surface area contributed by atoms with Gasteiger partial charge in [0.05, 0.1) is 6.04 Å². The quantitative estimate of drug-likeness (QED) is 0.0246. The van der Waals surface area contributed by atoms with E-state index in [2.05, 4.69) is 42.5 Å². The number of nitrogens with one attached hydrogen (secondary N) is 8. The topological polar surface area (TPSA) is 374 Å². The second kappa shape index (κ2) is 40.4. The number of carbonyl (C=O) groups excluding carboxylic acids is 8. The first kappa shape index (κ1) is 73.4. The summed E-state index contributed by atoms with van der Waals surface area (Å²) in [5.74, 6) is -7.09. The molecule has 6 aromatic rings. The van der Waals surface area contributed by atoms with Gasteiger partial charge in [0, 0.05) is 38.5 Å². The zero-order valence-corrected chi connectivity index (χ0v) is 53.2. The van der Waals surface area contributed by atoms with Crippen molar-refractivity contribution in [1.82, 2.24) is 42.5 Å². The molecule has 17 N–H and O–H groups in total. The van der Waals surface area contributed by atoms with Crippen LogP contribution in [0.2, 0.25) is 0 Å². The van der Waals surface area contributed by atoms with Crippen molar-refractivity contribution >= 4 is 53.2 Å². The Kier molecular flexibility index (Phi) is 31.6. The molecule has 0 saturated carbocycles. The van der Waals surface area contributed by atoms with Gasteiger partial charge in [-0.05, 0) is 104 Å². The number of hydrogen-bond acceptors (Lipinski definition) is 13. The number of nitrogens with two attached hydrogens (primary N) is 4. The van der Waals surface area contributed by atoms with E-state index in [1.165, 1.54) is 0 Å². The molecule has 0 aliphatic heterocycles. The molecule has 0 bridgehead atoms. The van der Waals surface area contributed by atoms with E-state index < -0.39 is 108 Å². The fourth-order valence-electron chi connectivity index (χ4n) is 10.7. The highest BCUT2D eigenvalue weighted by atomic mass is 16.4. The fourth-order valence-corrected chi connectivity index (χ4v) is 10.7. The highest BCUT2D eigenvalue weighted by Gasteiger charge is 2.36. The maximum atomic E-state index is 15.1. The minimum absolute atomic E-state index is 0.0222. The Morgan fingerprint density at radius 2 is 0.457 bits per heavy atom. The zero-order valence-electron chi connectivity index (χ0n) is 53.2. The lowest BCUT2D eigenvalue weighted by atomic mass is 10.00. The van der Waals surface area contributed by atoms with Crippen LogP contribution in [0.25, 0.3) is 0 Å². The third-order valence-electron chi connectivity index (χ3n) is 15.9. The maximum Gasteiger partial charge on any atom is 0.326 e. The van der Waals surface area contributed by atoms with E-state index in [4.69, 9.17) is 22.9 Å². The second-order valence-corrected chi connectivity index (χ2v) is 23.4. The smallest absolute Gasteiger partial charge is 0.326 e. The molecule has 0 radical (unpaired) electrons. The van der Waals surface area contributed by atoms with Gasteiger partial charge in [0.2, 0.25) is 47.3 Å². The summed E-state index contributed by atoms with van der Waals surface area (Å²) in [6.07, 6.45) is 3.18. The molecule has 0 aromatic heterocycles. The number of amides is 8. The minimum atomic E-state index is -1.38. The lowest BCUT2D eigenvalue weighted by Crippen LogP contribution is -2.61. The predicted molar refractivity (Wildman–Crippen MR) is 361 cm³/mol. The molecule has 0 spiro atoms. The van der Waals surface area contributed by atoms with Crippen molar-refractivity contribution < 1.29 is 48.3 Å². The minimum Gasteiger partial charge on any atom is -0.480 e. The van der Waals surface area contributed by atoms with E-state index in [1.807, 2.05) is 18.2 Å². The lowest BCUT2D eigenvalue weighted by molar-refractivity contribution is -0.142. The summed E-state index contributed by atoms with van der Waals surface area (Å²) >= 11 is 0. The van der Waals surface area contributed by atoms with Crippen molar-refractivity contribution in [3.8, 4) is 0 Å². The Hall–Kier alpha value is -9.61. The van der Waals surface area contributed by atoms with Gasteiger partial charge in [0.25, 0.3) is 0 Å². The van der Waals surface area contributed by atoms with E-state index in [0.29, 0.717) is 79.3 Å². The number of carboxylic acid groups (broad SMARTS) is 1. The van der Waals surface area contributed by atoms with Crippen LogP contribution < -0.4 is 65.5 Å². The van der Waals surface area contributed by atoms with Gasteiger partial charge in [-0.1, -0.05) is 188 Å². The predicted octanol–water partition coefficient (Wildman–Crippen LogP) is 3.12. The van der Waals surface area contributed by atoms with Gasteiger partial charge < -0.3 is 70.6 Å². The van der Waals surface area contributed by atoms with Crippen molar-refractivity contribution in [3.63, 3.8) is 0 Å². The standard InChI is InChI=1S/C72H92N12O10/c73-40-22-19-37-55(76)64(85)79-58(43-49-25-7-1-8-26-49)69(90)82-59(44-50-27-9-2-10-28-50)67(88)77-56(38-20-23-41-74)65(86)80-61(46-52-31-13-4-14-32-52)70(91)83-60(45-51-29-11-3-12-30-51)68(89)78-57(39-21-24-42-75)66(87)81-62(47-53-33-15-5-16-34-53)71(92)84-63(72(93)94)48-54-35-17-6-18-36-54/h1-18,25-36,55-63H,19-24,37-48,73-76H2,(H,77,88)(H,78,89)(H,79,85)(H,80,86)(H,81,87)(H,82,90)(H,83,91)(H,84,92)(H,93,94)/t55-,56-,57-,58-,59-,60-,61-,62-,63-/m0/s1. The molecular formula is C72H92N12O10. The lowest BCUT2D eigenvalue weighted by Gasteiger charge is -2.28. The van der Waals surface area contributed by atoms with Crippen LogP contribution in [-0.4, -0.2) is 132 Å². The number of benzene rings is 6. The van der Waals surface area contributed by atoms with E-state index >= 15 is 4.79 Å². The fraction of sp³-hybridized carbons (Fsp3) is 0.375. The molecule has 0 heterocycles. The number of unbranched alkanes of at least 4 members (excludes halogenated alkanes) is 3. The molecule has 9 atom stereocenters. The van der Waals surface area contributed by atoms with Gasteiger partial charge >= 0.3 is 5.97 Å². The van der Waals surface area contributed by atoms with Crippen LogP contribution in [0.4, 0.5) is 0 Å². The Labute approximate surface area is 550 Å². The van der Waals surface area contributed by atoms with Gasteiger partial charge in [-0.2, -0.15) is 0 Å². The van der Waals surface area contributed by atoms with E-state index in [-0.39, 0.29) is 64.5 Å². The molecule has 0 unspecified atom stereocenters. The molecule has 22 heteroatoms. The largest absolute Gasteiger partial charge is 0.480 e. The molecule has 8 amide bonds. The molecule has 22 nitrogen and oxygen atoms in total. The Bertz CT molecular complexity index is 3300. The Balaban J connectivity index is 1.27. The Morgan fingerprint density at radius 3 is 0.691 bits per heavy atom. The van der Waals surface area contributed by atoms with Gasteiger partial charge in [-0.25, -0.2) is 4.79 Å². The highest BCUT2D eigenvalue weighted by molar-refractivity contribution is 5.98. The van der Waals surface area contributed by atoms with Crippen molar-refractivity contribution in [1.29, 1.82) is 0 Å². The molecule has 0 aliphatic carbocycles. The number of carboxylic acids is 1. The second-order valence-electron chi connectivity index (χ2n) is 23.4. The van der Waals surface area contributed by atoms with E-state index in [1.54, 1.807) is 164 Å². The summed E-state index contributed by atoms with van der Waals surface area (Å²) in [6, 6.07) is 41.9. The Morgan fingerprint density at radius 1 is 0.266 bits per heavy atom. The first-order chi connectivity index (χ1) is 45.5. The number of carbonyl (C=O) groups is 9. The normalized spacial score (nSPS) is 13.9. The summed E-state index contributed by atoms with van der Waals surface area (Å²) in [5.41, 5.74) is 27.8. The third-order valence-corrected chi connectivity index (χ3v) is 15.9. The summed E-state index contributed by atoms with van der Waals surface area (Å²) in [7, 11) is 0. The van der Waals surface area contributed by atoms with Gasteiger partial charge in [-0.3, -0.25) is 38.4 Å². The molecule has 0 aliphatic rings. The molecule has 0 saturated heterocycles. The maximum absolute atomic E-state index is 15.1. The molecule has 0 fully saturated rings. The summed E-state index contributed by atoms with van der Waals surface area (Å²) < 4.78 is 0. The van der Waals surface area contributed by atoms with Crippen LogP contribution in [0.3, 0.4) is 0 Å². The number of rotatable bonds is 41. The molecular weight excluding hydrogens is 1190 g/mol. The molecule has 6 rings (SSSR count). The monoisotopic (exact) mass is 1280 g/mol. The van der Waals surface area contributed by atoms with Crippen molar-refractivity contribution in [2.45, 2.75) is 151 Å². The number of hydrogen-bond donors (Lipinski definition) is 13. The van der Waals surface area contributed by atoms with E-state index in [0.717, 1.165) is 5.56 Å². The third kappa shape index (κ3) is 25.8. The number of aliphatic carboxylic acids is 1. The summed E-state index contributed by atoms with van der Waals surface area (Å²) in [6.45, 7) is 0.967. The van der Waals surface area contributed by atoms with Crippen LogP contribution in [0.1, 0.15) is 91.2 Å². The SMILES string of the molecule is NCCCC[C@H](NC(=O)[C@H](Cc1ccccc1)NC(=O)[C@H](Cc1ccccc1)NC(=O)[C@H](CCCCN)NC(=O)[C@H](Cc1ccccc1)NC(=O)[C@H](Cc1ccccc1)NC(=O)[C@@H](N)CCCCN)C(=O)N[C@@H](Cc1ccccc1)C(=O)N[C@@H](Cc1ccccc1)C(=O)O. The summed E-state index contributed by atoms with van der Waals surface area (Å²) in [4.78, 5) is 129. The van der Waals surface area contributed by atoms with Crippen LogP contribution in [-0.2, 0) is 81.7 Å². The van der Waals surface area contributed by atoms with Gasteiger partial charge in [0.1, 0.15) is 48.3 Å². The van der Waals surface area contributed by atoms with Crippen LogP contribution in [0, 0.1) is 0 Å².